The molecule has 0 spiro atoms. The number of benzene rings is 1. The van der Waals surface area contributed by atoms with Crippen molar-refractivity contribution in [3.63, 3.8) is 0 Å². The number of nitriles is 1. The summed E-state index contributed by atoms with van der Waals surface area (Å²) < 4.78 is 78.7. The molecule has 1 saturated carbocycles. The number of nitrogens with zero attached hydrogens (tertiary/aromatic N) is 4. The number of rotatable bonds is 3. The summed E-state index contributed by atoms with van der Waals surface area (Å²) in [7, 11) is 0. The minimum absolute atomic E-state index is 0.150. The second-order valence-electron chi connectivity index (χ2n) is 11.8. The van der Waals surface area contributed by atoms with E-state index in [0.717, 1.165) is 4.90 Å². The Labute approximate surface area is 227 Å². The van der Waals surface area contributed by atoms with Gasteiger partial charge >= 0.3 is 12.3 Å². The zero-order valence-electron chi connectivity index (χ0n) is 22.1. The van der Waals surface area contributed by atoms with Crippen LogP contribution in [0, 0.1) is 22.2 Å². The van der Waals surface area contributed by atoms with Gasteiger partial charge < -0.3 is 19.9 Å². The van der Waals surface area contributed by atoms with Crippen molar-refractivity contribution in [2.24, 2.45) is 10.8 Å². The minimum Gasteiger partial charge on any atom is -0.444 e. The van der Waals surface area contributed by atoms with Crippen LogP contribution in [0.4, 0.5) is 32.4 Å². The Kier molecular flexibility index (Phi) is 6.20. The summed E-state index contributed by atoms with van der Waals surface area (Å²) in [5, 5.41) is 12.1. The van der Waals surface area contributed by atoms with Crippen molar-refractivity contribution in [1.29, 1.82) is 5.26 Å². The fourth-order valence-corrected chi connectivity index (χ4v) is 6.01. The number of fused-ring (bicyclic) bond motifs is 2. The molecule has 3 unspecified atom stereocenters. The van der Waals surface area contributed by atoms with Crippen LogP contribution in [0.25, 0.3) is 10.9 Å². The number of carbonyl (C=O) groups is 2. The van der Waals surface area contributed by atoms with Gasteiger partial charge in [-0.2, -0.15) is 18.4 Å². The number of alkyl halides is 5. The van der Waals surface area contributed by atoms with Gasteiger partial charge in [0.15, 0.2) is 0 Å². The fourth-order valence-electron chi connectivity index (χ4n) is 6.01. The van der Waals surface area contributed by atoms with Crippen LogP contribution in [0.2, 0.25) is 0 Å². The molecular formula is C27H28F5N5O3. The van der Waals surface area contributed by atoms with Gasteiger partial charge in [0.1, 0.15) is 17.1 Å². The molecule has 3 fully saturated rings. The number of piperidine rings is 2. The monoisotopic (exact) mass is 565 g/mol. The Morgan fingerprint density at radius 2 is 1.88 bits per heavy atom. The predicted octanol–water partition coefficient (Wildman–Crippen LogP) is 4.63. The summed E-state index contributed by atoms with van der Waals surface area (Å²) in [5.41, 5.74) is -4.30. The van der Waals surface area contributed by atoms with Gasteiger partial charge in [-0.05, 0) is 57.9 Å². The molecule has 1 aromatic carbocycles. The lowest BCUT2D eigenvalue weighted by Gasteiger charge is -2.39. The molecule has 40 heavy (non-hydrogen) atoms. The molecule has 8 nitrogen and oxygen atoms in total. The lowest BCUT2D eigenvalue weighted by atomic mass is 9.93. The van der Waals surface area contributed by atoms with Crippen LogP contribution < -0.4 is 10.2 Å². The van der Waals surface area contributed by atoms with Crippen LogP contribution in [0.5, 0.6) is 0 Å². The smallest absolute Gasteiger partial charge is 0.410 e. The van der Waals surface area contributed by atoms with Gasteiger partial charge in [0.05, 0.1) is 29.1 Å². The van der Waals surface area contributed by atoms with Crippen LogP contribution in [0.1, 0.15) is 39.2 Å². The third-order valence-corrected chi connectivity index (χ3v) is 8.06. The number of pyridine rings is 1. The molecule has 1 aliphatic carbocycles. The van der Waals surface area contributed by atoms with Crippen molar-refractivity contribution in [3.8, 4) is 6.07 Å². The normalized spacial score (nSPS) is 27.6. The highest BCUT2D eigenvalue weighted by atomic mass is 19.4. The molecule has 1 aromatic heterocycles. The van der Waals surface area contributed by atoms with E-state index >= 15 is 8.78 Å². The van der Waals surface area contributed by atoms with Gasteiger partial charge in [-0.3, -0.25) is 9.78 Å². The summed E-state index contributed by atoms with van der Waals surface area (Å²) in [6, 6.07) is 6.47. The third-order valence-electron chi connectivity index (χ3n) is 8.06. The van der Waals surface area contributed by atoms with E-state index in [9.17, 15) is 28.0 Å². The molecule has 13 heteroatoms. The van der Waals surface area contributed by atoms with E-state index in [0.29, 0.717) is 16.6 Å². The molecule has 0 bridgehead atoms. The largest absolute Gasteiger partial charge is 0.444 e. The maximum Gasteiger partial charge on any atom is 0.410 e. The Morgan fingerprint density at radius 3 is 2.50 bits per heavy atom. The summed E-state index contributed by atoms with van der Waals surface area (Å²) >= 11 is 0. The summed E-state index contributed by atoms with van der Waals surface area (Å²) in [4.78, 5) is 32.2. The van der Waals surface area contributed by atoms with E-state index in [1.807, 2.05) is 6.07 Å². The molecule has 1 N–H and O–H groups in total. The number of hydrogen-bond donors (Lipinski definition) is 1. The SMILES string of the molecule is CC(C)(C)OC(=O)N1CCC(NC(=O)C23CN(c4ccc(C#N)c5ncccc45)CC2(C(F)(F)F)C3)C(F)(F)C1. The highest BCUT2D eigenvalue weighted by Crippen LogP contribution is 2.75. The standard InChI is InChI=1S/C27H28F5N5O3/c1-23(2,3)40-22(39)36-10-8-19(26(28,29)15-36)35-21(38)24-12-25(24,27(30,31)32)14-37(13-24)18-7-6-16(11-33)20-17(18)5-4-9-34-20/h4-7,9,19H,8,10,12-15H2,1-3H3,(H,35,38). The molecule has 2 saturated heterocycles. The Bertz CT molecular complexity index is 1420. The molecule has 2 amide bonds. The van der Waals surface area contributed by atoms with E-state index in [1.165, 1.54) is 23.2 Å². The van der Waals surface area contributed by atoms with E-state index < -0.39 is 66.1 Å². The highest BCUT2D eigenvalue weighted by Gasteiger charge is 2.86. The van der Waals surface area contributed by atoms with Crippen LogP contribution in [0.3, 0.4) is 0 Å². The predicted molar refractivity (Wildman–Crippen MR) is 134 cm³/mol. The molecule has 2 aromatic rings. The van der Waals surface area contributed by atoms with Crippen molar-refractivity contribution >= 4 is 28.6 Å². The Morgan fingerprint density at radius 1 is 1.15 bits per heavy atom. The molecule has 2 aliphatic heterocycles. The van der Waals surface area contributed by atoms with Crippen LogP contribution >= 0.6 is 0 Å². The van der Waals surface area contributed by atoms with Gasteiger partial charge in [-0.15, -0.1) is 0 Å². The zero-order chi connectivity index (χ0) is 29.3. The number of carbonyl (C=O) groups excluding carboxylic acids is 2. The Balaban J connectivity index is 1.38. The van der Waals surface area contributed by atoms with Gasteiger partial charge in [-0.1, -0.05) is 0 Å². The lowest BCUT2D eigenvalue weighted by Crippen LogP contribution is -2.61. The quantitative estimate of drug-likeness (QED) is 0.546. The second kappa shape index (κ2) is 8.91. The number of likely N-dealkylation sites (tertiary alicyclic amines) is 1. The topological polar surface area (TPSA) is 98.6 Å². The second-order valence-corrected chi connectivity index (χ2v) is 11.8. The average molecular weight is 566 g/mol. The average Bonchev–Trinajstić information content (AvgIpc) is 3.40. The number of halogens is 5. The summed E-state index contributed by atoms with van der Waals surface area (Å²) in [6.07, 6.45) is -5.08. The fraction of sp³-hybridized carbons (Fsp3) is 0.556. The maximum absolute atomic E-state index is 15.1. The minimum atomic E-state index is -4.76. The third kappa shape index (κ3) is 4.37. The van der Waals surface area contributed by atoms with Crippen molar-refractivity contribution in [3.05, 3.63) is 36.0 Å². The molecule has 0 radical (unpaired) electrons. The van der Waals surface area contributed by atoms with Gasteiger partial charge in [-0.25, -0.2) is 13.6 Å². The number of ether oxygens (including phenoxy) is 1. The van der Waals surface area contributed by atoms with Crippen LogP contribution in [0.15, 0.2) is 30.5 Å². The summed E-state index contributed by atoms with van der Waals surface area (Å²) in [5.74, 6) is -4.66. The van der Waals surface area contributed by atoms with E-state index in [1.54, 1.807) is 32.9 Å². The van der Waals surface area contributed by atoms with E-state index in [-0.39, 0.29) is 25.1 Å². The van der Waals surface area contributed by atoms with Crippen LogP contribution in [-0.4, -0.2) is 71.8 Å². The number of nitrogens with one attached hydrogen (secondary N) is 1. The molecule has 3 atom stereocenters. The molecule has 3 heterocycles. The lowest BCUT2D eigenvalue weighted by molar-refractivity contribution is -0.192. The number of anilines is 1. The number of hydrogen-bond acceptors (Lipinski definition) is 6. The molecule has 214 valence electrons. The summed E-state index contributed by atoms with van der Waals surface area (Å²) in [6.45, 7) is 2.74. The van der Waals surface area contributed by atoms with Gasteiger partial charge in [0.2, 0.25) is 5.91 Å². The first kappa shape index (κ1) is 27.9. The van der Waals surface area contributed by atoms with E-state index in [4.69, 9.17) is 4.74 Å². The first-order valence-electron chi connectivity index (χ1n) is 12.8. The maximum atomic E-state index is 15.1. The highest BCUT2D eigenvalue weighted by molar-refractivity contribution is 5.97. The molecule has 3 aliphatic rings. The van der Waals surface area contributed by atoms with Crippen molar-refractivity contribution < 1.29 is 36.3 Å². The number of aromatic nitrogens is 1. The van der Waals surface area contributed by atoms with Gasteiger partial charge in [0.25, 0.3) is 5.92 Å². The van der Waals surface area contributed by atoms with Crippen molar-refractivity contribution in [2.75, 3.05) is 31.1 Å². The molecule has 5 rings (SSSR count). The zero-order valence-corrected chi connectivity index (χ0v) is 22.1. The van der Waals surface area contributed by atoms with Crippen LogP contribution in [-0.2, 0) is 9.53 Å². The first-order chi connectivity index (χ1) is 18.5. The van der Waals surface area contributed by atoms with Gasteiger partial charge in [0, 0.05) is 36.9 Å². The number of amides is 2. The molecular weight excluding hydrogens is 537 g/mol. The van der Waals surface area contributed by atoms with Crippen molar-refractivity contribution in [1.82, 2.24) is 15.2 Å². The van der Waals surface area contributed by atoms with Crippen molar-refractivity contribution in [2.45, 2.75) is 57.4 Å². The first-order valence-corrected chi connectivity index (χ1v) is 12.8. The van der Waals surface area contributed by atoms with E-state index in [2.05, 4.69) is 10.3 Å². The Hall–Kier alpha value is -3.69.